The Morgan fingerprint density at radius 2 is 2.04 bits per heavy atom. The highest BCUT2D eigenvalue weighted by Gasteiger charge is 2.25. The van der Waals surface area contributed by atoms with Crippen LogP contribution in [-0.4, -0.2) is 79.7 Å². The summed E-state index contributed by atoms with van der Waals surface area (Å²) < 4.78 is 26.4. The van der Waals surface area contributed by atoms with Crippen LogP contribution < -0.4 is 10.6 Å². The van der Waals surface area contributed by atoms with Gasteiger partial charge in [-0.05, 0) is 25.0 Å². The first-order chi connectivity index (χ1) is 12.0. The molecule has 0 bridgehead atoms. The maximum absolute atomic E-state index is 12.4. The fraction of sp³-hybridized carbons (Fsp3) is 0.938. The molecule has 0 aromatic heterocycles. The van der Waals surface area contributed by atoms with E-state index in [0.29, 0.717) is 25.7 Å². The number of hydrogen-bond donors (Lipinski definition) is 2. The summed E-state index contributed by atoms with van der Waals surface area (Å²) in [5.41, 5.74) is 0. The lowest BCUT2D eigenvalue weighted by atomic mass is 9.95. The van der Waals surface area contributed by atoms with Gasteiger partial charge in [-0.25, -0.2) is 12.7 Å². The normalized spacial score (nSPS) is 25.4. The van der Waals surface area contributed by atoms with E-state index in [-0.39, 0.29) is 29.7 Å². The van der Waals surface area contributed by atoms with Gasteiger partial charge in [-0.2, -0.15) is 23.5 Å². The van der Waals surface area contributed by atoms with Crippen molar-refractivity contribution in [1.82, 2.24) is 14.9 Å². The monoisotopic (exact) mass is 536 g/mol. The highest BCUT2D eigenvalue weighted by atomic mass is 127. The van der Waals surface area contributed by atoms with Crippen molar-refractivity contribution in [2.75, 3.05) is 49.7 Å². The number of hydrogen-bond acceptors (Lipinski definition) is 5. The van der Waals surface area contributed by atoms with E-state index in [9.17, 15) is 8.42 Å². The van der Waals surface area contributed by atoms with Crippen LogP contribution in [0.1, 0.15) is 32.6 Å². The minimum atomic E-state index is -3.17. The standard InChI is InChI=1S/C16H32N4O2S3.HI/c1-3-24-15-6-4-5-14(13-15)19-16(17-2)18-7-12-25(21,22)20-8-10-23-11-9-20;/h14-15H,3-13H2,1-2H3,(H2,17,18,19);1H. The molecule has 2 aliphatic rings. The SMILES string of the molecule is CCSC1CCCC(NC(=NC)NCCS(=O)(=O)N2CCSCC2)C1.I. The molecule has 10 heteroatoms. The highest BCUT2D eigenvalue weighted by molar-refractivity contribution is 14.0. The largest absolute Gasteiger partial charge is 0.355 e. The number of rotatable bonds is 7. The predicted molar refractivity (Wildman–Crippen MR) is 127 cm³/mol. The third-order valence-electron chi connectivity index (χ3n) is 4.61. The first-order valence-corrected chi connectivity index (χ1v) is 13.0. The van der Waals surface area contributed by atoms with Crippen molar-refractivity contribution in [3.8, 4) is 0 Å². The second-order valence-corrected chi connectivity index (χ2v) is 11.3. The quantitative estimate of drug-likeness (QED) is 0.296. The summed E-state index contributed by atoms with van der Waals surface area (Å²) >= 11 is 3.86. The maximum Gasteiger partial charge on any atom is 0.215 e. The van der Waals surface area contributed by atoms with Gasteiger partial charge in [0.1, 0.15) is 0 Å². The van der Waals surface area contributed by atoms with Gasteiger partial charge in [0.25, 0.3) is 0 Å². The maximum atomic E-state index is 12.4. The average Bonchev–Trinajstić information content (AvgIpc) is 2.62. The Hall–Kier alpha value is 0.610. The molecule has 2 rings (SSSR count). The Morgan fingerprint density at radius 1 is 1.31 bits per heavy atom. The average molecular weight is 537 g/mol. The van der Waals surface area contributed by atoms with Crippen LogP contribution in [0.25, 0.3) is 0 Å². The van der Waals surface area contributed by atoms with Crippen molar-refractivity contribution < 1.29 is 8.42 Å². The van der Waals surface area contributed by atoms with Crippen molar-refractivity contribution in [1.29, 1.82) is 0 Å². The smallest absolute Gasteiger partial charge is 0.215 e. The van der Waals surface area contributed by atoms with Gasteiger partial charge in [0.05, 0.1) is 5.75 Å². The van der Waals surface area contributed by atoms with Crippen molar-refractivity contribution in [2.24, 2.45) is 4.99 Å². The van der Waals surface area contributed by atoms with Gasteiger partial charge in [0.15, 0.2) is 5.96 Å². The molecule has 0 aromatic rings. The van der Waals surface area contributed by atoms with Gasteiger partial charge in [-0.3, -0.25) is 4.99 Å². The first-order valence-electron chi connectivity index (χ1n) is 9.19. The summed E-state index contributed by atoms with van der Waals surface area (Å²) in [6.07, 6.45) is 4.86. The van der Waals surface area contributed by atoms with Crippen LogP contribution in [-0.2, 0) is 10.0 Å². The number of guanidine groups is 1. The lowest BCUT2D eigenvalue weighted by molar-refractivity contribution is 0.419. The number of halogens is 1. The summed E-state index contributed by atoms with van der Waals surface area (Å²) in [5.74, 6) is 3.80. The van der Waals surface area contributed by atoms with Crippen LogP contribution in [0.5, 0.6) is 0 Å². The third-order valence-corrected chi connectivity index (χ3v) is 8.66. The van der Waals surface area contributed by atoms with Gasteiger partial charge in [0.2, 0.25) is 10.0 Å². The van der Waals surface area contributed by atoms with Crippen LogP contribution in [0.3, 0.4) is 0 Å². The second-order valence-electron chi connectivity index (χ2n) is 6.41. The molecular formula is C16H33IN4O2S3. The number of aliphatic imine (C=N–C) groups is 1. The van der Waals surface area contributed by atoms with Gasteiger partial charge in [0, 0.05) is 49.5 Å². The fourth-order valence-corrected chi connectivity index (χ4v) is 6.97. The van der Waals surface area contributed by atoms with Crippen LogP contribution >= 0.6 is 47.5 Å². The lowest BCUT2D eigenvalue weighted by Gasteiger charge is -2.30. The molecule has 2 atom stereocenters. The number of thioether (sulfide) groups is 2. The number of nitrogens with zero attached hydrogens (tertiary/aromatic N) is 2. The molecule has 1 aliphatic carbocycles. The molecule has 0 aromatic carbocycles. The number of sulfonamides is 1. The molecule has 0 radical (unpaired) electrons. The topological polar surface area (TPSA) is 73.8 Å². The molecule has 154 valence electrons. The first kappa shape index (κ1) is 24.6. The molecule has 2 unspecified atom stereocenters. The Morgan fingerprint density at radius 3 is 2.69 bits per heavy atom. The Labute approximate surface area is 184 Å². The fourth-order valence-electron chi connectivity index (χ4n) is 3.30. The Balaban J connectivity index is 0.00000338. The molecule has 1 aliphatic heterocycles. The van der Waals surface area contributed by atoms with E-state index in [1.165, 1.54) is 12.8 Å². The van der Waals surface area contributed by atoms with Gasteiger partial charge >= 0.3 is 0 Å². The van der Waals surface area contributed by atoms with E-state index in [0.717, 1.165) is 41.3 Å². The van der Waals surface area contributed by atoms with E-state index >= 15 is 0 Å². The molecule has 6 nitrogen and oxygen atoms in total. The molecule has 1 saturated heterocycles. The summed E-state index contributed by atoms with van der Waals surface area (Å²) in [7, 11) is -1.42. The second kappa shape index (κ2) is 12.9. The van der Waals surface area contributed by atoms with Crippen molar-refractivity contribution in [3.63, 3.8) is 0 Å². The van der Waals surface area contributed by atoms with E-state index in [1.54, 1.807) is 11.4 Å². The van der Waals surface area contributed by atoms with Crippen molar-refractivity contribution in [3.05, 3.63) is 0 Å². The number of nitrogens with one attached hydrogen (secondary N) is 2. The molecule has 2 N–H and O–H groups in total. The zero-order valence-corrected chi connectivity index (χ0v) is 20.6. The summed E-state index contributed by atoms with van der Waals surface area (Å²) in [6.45, 7) is 3.88. The van der Waals surface area contributed by atoms with E-state index in [2.05, 4.69) is 22.5 Å². The van der Waals surface area contributed by atoms with Gasteiger partial charge in [-0.1, -0.05) is 13.3 Å². The van der Waals surface area contributed by atoms with E-state index < -0.39 is 10.0 Å². The third kappa shape index (κ3) is 8.32. The molecule has 1 heterocycles. The van der Waals surface area contributed by atoms with Gasteiger partial charge < -0.3 is 10.6 Å². The predicted octanol–water partition coefficient (Wildman–Crippen LogP) is 2.21. The minimum Gasteiger partial charge on any atom is -0.355 e. The lowest BCUT2D eigenvalue weighted by Crippen LogP contribution is -2.48. The zero-order chi connectivity index (χ0) is 18.1. The molecular weight excluding hydrogens is 503 g/mol. The Kier molecular flexibility index (Phi) is 12.3. The molecule has 26 heavy (non-hydrogen) atoms. The van der Waals surface area contributed by atoms with Crippen molar-refractivity contribution in [2.45, 2.75) is 43.9 Å². The Bertz CT molecular complexity index is 526. The van der Waals surface area contributed by atoms with Crippen LogP contribution in [0, 0.1) is 0 Å². The summed E-state index contributed by atoms with van der Waals surface area (Å²) in [4.78, 5) is 4.26. The summed E-state index contributed by atoms with van der Waals surface area (Å²) in [6, 6.07) is 0.430. The van der Waals surface area contributed by atoms with Crippen LogP contribution in [0.15, 0.2) is 4.99 Å². The molecule has 0 spiro atoms. The van der Waals surface area contributed by atoms with Gasteiger partial charge in [-0.15, -0.1) is 24.0 Å². The zero-order valence-electron chi connectivity index (χ0n) is 15.8. The minimum absolute atomic E-state index is 0. The molecule has 1 saturated carbocycles. The van der Waals surface area contributed by atoms with Crippen LogP contribution in [0.2, 0.25) is 0 Å². The highest BCUT2D eigenvalue weighted by Crippen LogP contribution is 2.28. The molecule has 0 amide bonds. The van der Waals surface area contributed by atoms with Crippen molar-refractivity contribution >= 4 is 63.5 Å². The van der Waals surface area contributed by atoms with E-state index in [1.807, 2.05) is 23.5 Å². The van der Waals surface area contributed by atoms with Crippen LogP contribution in [0.4, 0.5) is 0 Å². The molecule has 2 fully saturated rings. The van der Waals surface area contributed by atoms with E-state index in [4.69, 9.17) is 0 Å². The summed E-state index contributed by atoms with van der Waals surface area (Å²) in [5, 5.41) is 7.38.